The molecule has 0 spiro atoms. The fraction of sp³-hybridized carbons (Fsp3) is 0.188. The van der Waals surface area contributed by atoms with Gasteiger partial charge in [0.2, 0.25) is 0 Å². The van der Waals surface area contributed by atoms with Gasteiger partial charge in [0.05, 0.1) is 14.2 Å². The van der Waals surface area contributed by atoms with Gasteiger partial charge < -0.3 is 19.5 Å². The summed E-state index contributed by atoms with van der Waals surface area (Å²) in [5.74, 6) is 1.46. The number of benzene rings is 2. The van der Waals surface area contributed by atoms with Gasteiger partial charge in [-0.25, -0.2) is 0 Å². The Bertz CT molecular complexity index is 621. The fourth-order valence-corrected chi connectivity index (χ4v) is 2.01. The van der Waals surface area contributed by atoms with Crippen LogP contribution in [0.2, 0.25) is 0 Å². The number of hydrogen-bond donors (Lipinski definition) is 1. The zero-order valence-corrected chi connectivity index (χ0v) is 13.8. The molecule has 0 saturated carbocycles. The van der Waals surface area contributed by atoms with E-state index in [-0.39, 0.29) is 12.5 Å². The Labute approximate surface area is 137 Å². The molecule has 0 aliphatic rings. The van der Waals surface area contributed by atoms with Gasteiger partial charge in [-0.3, -0.25) is 4.79 Å². The van der Waals surface area contributed by atoms with Crippen molar-refractivity contribution in [2.45, 2.75) is 0 Å². The Hall–Kier alpha value is -2.21. The van der Waals surface area contributed by atoms with Crippen molar-refractivity contribution in [3.8, 4) is 17.2 Å². The molecule has 0 heterocycles. The molecule has 2 rings (SSSR count). The van der Waals surface area contributed by atoms with Crippen molar-refractivity contribution in [2.24, 2.45) is 0 Å². The average molecular weight is 366 g/mol. The first-order valence-corrected chi connectivity index (χ1v) is 7.31. The standard InChI is InChI=1S/C16H16BrNO4/c1-20-13-7-14(21-2)9-15(8-13)22-10-16(19)18-12-5-3-11(17)4-6-12/h3-9H,10H2,1-2H3,(H,18,19). The quantitative estimate of drug-likeness (QED) is 0.851. The highest BCUT2D eigenvalue weighted by atomic mass is 79.9. The summed E-state index contributed by atoms with van der Waals surface area (Å²) < 4.78 is 16.7. The Morgan fingerprint density at radius 2 is 1.55 bits per heavy atom. The Morgan fingerprint density at radius 1 is 1.00 bits per heavy atom. The summed E-state index contributed by atoms with van der Waals surface area (Å²) in [6, 6.07) is 12.4. The van der Waals surface area contributed by atoms with E-state index in [4.69, 9.17) is 14.2 Å². The molecule has 22 heavy (non-hydrogen) atoms. The summed E-state index contributed by atoms with van der Waals surface area (Å²) in [5.41, 5.74) is 0.708. The minimum atomic E-state index is -0.246. The molecule has 0 bridgehead atoms. The lowest BCUT2D eigenvalue weighted by Gasteiger charge is -2.10. The van der Waals surface area contributed by atoms with E-state index in [1.807, 2.05) is 12.1 Å². The molecule has 0 unspecified atom stereocenters. The Morgan fingerprint density at radius 3 is 2.09 bits per heavy atom. The first-order valence-electron chi connectivity index (χ1n) is 6.52. The van der Waals surface area contributed by atoms with Gasteiger partial charge in [0.15, 0.2) is 6.61 Å². The third kappa shape index (κ3) is 4.66. The van der Waals surface area contributed by atoms with Crippen LogP contribution in [0.15, 0.2) is 46.9 Å². The second kappa shape index (κ2) is 7.70. The summed E-state index contributed by atoms with van der Waals surface area (Å²) in [5, 5.41) is 2.75. The van der Waals surface area contributed by atoms with Gasteiger partial charge in [-0.2, -0.15) is 0 Å². The van der Waals surface area contributed by atoms with Crippen molar-refractivity contribution in [3.05, 3.63) is 46.9 Å². The van der Waals surface area contributed by atoms with Gasteiger partial charge in [-0.1, -0.05) is 15.9 Å². The molecule has 2 aromatic rings. The van der Waals surface area contributed by atoms with E-state index in [0.29, 0.717) is 22.9 Å². The van der Waals surface area contributed by atoms with Crippen molar-refractivity contribution >= 4 is 27.5 Å². The number of hydrogen-bond acceptors (Lipinski definition) is 4. The van der Waals surface area contributed by atoms with E-state index < -0.39 is 0 Å². The SMILES string of the molecule is COc1cc(OC)cc(OCC(=O)Nc2ccc(Br)cc2)c1. The highest BCUT2D eigenvalue weighted by Gasteiger charge is 2.07. The predicted octanol–water partition coefficient (Wildman–Crippen LogP) is 3.48. The van der Waals surface area contributed by atoms with Crippen LogP contribution in [0, 0.1) is 0 Å². The summed E-state index contributed by atoms with van der Waals surface area (Å²) in [6.07, 6.45) is 0. The molecule has 0 aliphatic carbocycles. The summed E-state index contributed by atoms with van der Waals surface area (Å²) in [6.45, 7) is -0.105. The molecule has 6 heteroatoms. The highest BCUT2D eigenvalue weighted by Crippen LogP contribution is 2.27. The minimum Gasteiger partial charge on any atom is -0.496 e. The molecule has 0 radical (unpaired) electrons. The second-order valence-electron chi connectivity index (χ2n) is 4.39. The van der Waals surface area contributed by atoms with Gasteiger partial charge in [0.1, 0.15) is 17.2 Å². The first-order chi connectivity index (χ1) is 10.6. The summed E-state index contributed by atoms with van der Waals surface area (Å²) in [4.78, 5) is 11.9. The van der Waals surface area contributed by atoms with E-state index in [9.17, 15) is 4.79 Å². The molecular formula is C16H16BrNO4. The zero-order chi connectivity index (χ0) is 15.9. The molecule has 1 N–H and O–H groups in total. The van der Waals surface area contributed by atoms with Crippen molar-refractivity contribution < 1.29 is 19.0 Å². The van der Waals surface area contributed by atoms with Crippen molar-refractivity contribution in [1.82, 2.24) is 0 Å². The minimum absolute atomic E-state index is 0.105. The van der Waals surface area contributed by atoms with Crippen molar-refractivity contribution in [3.63, 3.8) is 0 Å². The monoisotopic (exact) mass is 365 g/mol. The smallest absolute Gasteiger partial charge is 0.262 e. The van der Waals surface area contributed by atoms with E-state index in [1.165, 1.54) is 0 Å². The van der Waals surface area contributed by atoms with E-state index in [0.717, 1.165) is 4.47 Å². The van der Waals surface area contributed by atoms with Crippen LogP contribution in [0.25, 0.3) is 0 Å². The maximum atomic E-state index is 11.9. The van der Waals surface area contributed by atoms with Crippen LogP contribution in [0.1, 0.15) is 0 Å². The van der Waals surface area contributed by atoms with Crippen LogP contribution in [-0.2, 0) is 4.79 Å². The van der Waals surface area contributed by atoms with Crippen LogP contribution in [-0.4, -0.2) is 26.7 Å². The lowest BCUT2D eigenvalue weighted by atomic mass is 10.3. The molecule has 0 aliphatic heterocycles. The number of ether oxygens (including phenoxy) is 3. The fourth-order valence-electron chi connectivity index (χ4n) is 1.74. The number of rotatable bonds is 6. The summed E-state index contributed by atoms with van der Waals surface area (Å²) >= 11 is 3.34. The van der Waals surface area contributed by atoms with E-state index in [2.05, 4.69) is 21.2 Å². The lowest BCUT2D eigenvalue weighted by Crippen LogP contribution is -2.20. The summed E-state index contributed by atoms with van der Waals surface area (Å²) in [7, 11) is 3.11. The topological polar surface area (TPSA) is 56.8 Å². The first kappa shape index (κ1) is 16.2. The molecule has 0 aromatic heterocycles. The number of carbonyl (C=O) groups is 1. The predicted molar refractivity (Wildman–Crippen MR) is 87.8 cm³/mol. The van der Waals surface area contributed by atoms with Crippen LogP contribution in [0.3, 0.4) is 0 Å². The normalized spacial score (nSPS) is 9.95. The third-order valence-electron chi connectivity index (χ3n) is 2.82. The number of carbonyl (C=O) groups excluding carboxylic acids is 1. The number of nitrogens with one attached hydrogen (secondary N) is 1. The van der Waals surface area contributed by atoms with Gasteiger partial charge in [0, 0.05) is 28.4 Å². The van der Waals surface area contributed by atoms with Crippen molar-refractivity contribution in [1.29, 1.82) is 0 Å². The van der Waals surface area contributed by atoms with Crippen LogP contribution < -0.4 is 19.5 Å². The largest absolute Gasteiger partial charge is 0.496 e. The van der Waals surface area contributed by atoms with Gasteiger partial charge >= 0.3 is 0 Å². The zero-order valence-electron chi connectivity index (χ0n) is 12.3. The molecular weight excluding hydrogens is 350 g/mol. The van der Waals surface area contributed by atoms with Crippen LogP contribution in [0.4, 0.5) is 5.69 Å². The Balaban J connectivity index is 1.94. The number of halogens is 1. The van der Waals surface area contributed by atoms with Gasteiger partial charge in [-0.15, -0.1) is 0 Å². The second-order valence-corrected chi connectivity index (χ2v) is 5.31. The van der Waals surface area contributed by atoms with Gasteiger partial charge in [0.25, 0.3) is 5.91 Å². The number of methoxy groups -OCH3 is 2. The Kier molecular flexibility index (Phi) is 5.66. The highest BCUT2D eigenvalue weighted by molar-refractivity contribution is 9.10. The third-order valence-corrected chi connectivity index (χ3v) is 3.35. The lowest BCUT2D eigenvalue weighted by molar-refractivity contribution is -0.118. The van der Waals surface area contributed by atoms with E-state index >= 15 is 0 Å². The van der Waals surface area contributed by atoms with Gasteiger partial charge in [-0.05, 0) is 24.3 Å². The molecule has 0 atom stereocenters. The number of amides is 1. The van der Waals surface area contributed by atoms with Crippen molar-refractivity contribution in [2.75, 3.05) is 26.1 Å². The molecule has 0 fully saturated rings. The van der Waals surface area contributed by atoms with Crippen LogP contribution >= 0.6 is 15.9 Å². The molecule has 5 nitrogen and oxygen atoms in total. The molecule has 116 valence electrons. The molecule has 0 saturated heterocycles. The molecule has 1 amide bonds. The maximum Gasteiger partial charge on any atom is 0.262 e. The molecule has 2 aromatic carbocycles. The van der Waals surface area contributed by atoms with Crippen LogP contribution in [0.5, 0.6) is 17.2 Å². The average Bonchev–Trinajstić information content (AvgIpc) is 2.54. The van der Waals surface area contributed by atoms with E-state index in [1.54, 1.807) is 44.6 Å². The maximum absolute atomic E-state index is 11.9. The number of anilines is 1.